The molecule has 1 aromatic rings. The van der Waals surface area contributed by atoms with Crippen LogP contribution in [0, 0.1) is 0 Å². The molecule has 0 bridgehead atoms. The molecule has 0 N–H and O–H groups in total. The molecule has 0 unspecified atom stereocenters. The number of hydrogen-bond donors (Lipinski definition) is 0. The number of allylic oxidation sites excluding steroid dienone is 1. The van der Waals surface area contributed by atoms with Crippen molar-refractivity contribution >= 4 is 11.8 Å². The Hall–Kier alpha value is -0.910. The van der Waals surface area contributed by atoms with E-state index in [1.165, 1.54) is 42.6 Å². The first-order valence-electron chi connectivity index (χ1n) is 5.60. The third-order valence-electron chi connectivity index (χ3n) is 2.66. The highest BCUT2D eigenvalue weighted by Crippen LogP contribution is 2.23. The van der Waals surface area contributed by atoms with Crippen molar-refractivity contribution in [3.05, 3.63) is 47.0 Å². The van der Waals surface area contributed by atoms with Crippen molar-refractivity contribution in [1.29, 1.82) is 0 Å². The molecule has 0 radical (unpaired) electrons. The molecule has 1 aromatic carbocycles. The lowest BCUT2D eigenvalue weighted by Gasteiger charge is -2.10. The van der Waals surface area contributed by atoms with E-state index in [1.807, 2.05) is 6.07 Å². The van der Waals surface area contributed by atoms with Gasteiger partial charge in [-0.05, 0) is 43.4 Å². The van der Waals surface area contributed by atoms with E-state index in [-0.39, 0.29) is 0 Å². The van der Waals surface area contributed by atoms with Gasteiger partial charge >= 0.3 is 0 Å². The first kappa shape index (κ1) is 10.6. The minimum absolute atomic E-state index is 1.26. The molecule has 1 aliphatic rings. The number of hydrogen-bond acceptors (Lipinski definition) is 1. The van der Waals surface area contributed by atoms with Crippen LogP contribution < -0.4 is 0 Å². The second-order valence-corrected chi connectivity index (χ2v) is 4.80. The van der Waals surface area contributed by atoms with Crippen LogP contribution in [0.15, 0.2) is 51.9 Å². The molecule has 15 heavy (non-hydrogen) atoms. The van der Waals surface area contributed by atoms with Crippen LogP contribution in [-0.4, -0.2) is 0 Å². The van der Waals surface area contributed by atoms with E-state index in [1.54, 1.807) is 11.8 Å². The average molecular weight is 216 g/mol. The molecule has 0 amide bonds. The van der Waals surface area contributed by atoms with Gasteiger partial charge < -0.3 is 0 Å². The van der Waals surface area contributed by atoms with Crippen molar-refractivity contribution in [3.8, 4) is 0 Å². The quantitative estimate of drug-likeness (QED) is 0.506. The van der Waals surface area contributed by atoms with Gasteiger partial charge in [-0.3, -0.25) is 0 Å². The number of rotatable bonds is 2. The summed E-state index contributed by atoms with van der Waals surface area (Å²) in [6.45, 7) is 0. The predicted molar refractivity (Wildman–Crippen MR) is 67.0 cm³/mol. The Balaban J connectivity index is 1.94. The summed E-state index contributed by atoms with van der Waals surface area (Å²) in [7, 11) is 0. The highest BCUT2D eigenvalue weighted by molar-refractivity contribution is 8.02. The van der Waals surface area contributed by atoms with E-state index in [4.69, 9.17) is 0 Å². The SMILES string of the molecule is C(=CSc1ccccc1)=C1CCCCC1. The molecule has 1 saturated carbocycles. The number of benzene rings is 1. The van der Waals surface area contributed by atoms with Crippen LogP contribution in [0.25, 0.3) is 0 Å². The molecule has 2 rings (SSSR count). The van der Waals surface area contributed by atoms with Gasteiger partial charge in [-0.2, -0.15) is 0 Å². The van der Waals surface area contributed by atoms with Crippen LogP contribution in [0.3, 0.4) is 0 Å². The monoisotopic (exact) mass is 216 g/mol. The summed E-state index contributed by atoms with van der Waals surface area (Å²) >= 11 is 1.76. The molecular formula is C14H16S. The summed E-state index contributed by atoms with van der Waals surface area (Å²) in [6, 6.07) is 10.5. The fourth-order valence-electron chi connectivity index (χ4n) is 1.80. The van der Waals surface area contributed by atoms with Gasteiger partial charge in [0.25, 0.3) is 0 Å². The first-order valence-corrected chi connectivity index (χ1v) is 6.48. The lowest BCUT2D eigenvalue weighted by molar-refractivity contribution is 0.600. The van der Waals surface area contributed by atoms with Crippen molar-refractivity contribution in [2.24, 2.45) is 0 Å². The third-order valence-corrected chi connectivity index (χ3v) is 3.44. The minimum Gasteiger partial charge on any atom is -0.114 e. The van der Waals surface area contributed by atoms with Gasteiger partial charge in [0.2, 0.25) is 0 Å². The molecule has 78 valence electrons. The molecule has 0 atom stereocenters. The lowest BCUT2D eigenvalue weighted by Crippen LogP contribution is -1.91. The summed E-state index contributed by atoms with van der Waals surface area (Å²) in [5, 5.41) is 2.11. The second kappa shape index (κ2) is 5.85. The molecule has 0 saturated heterocycles. The summed E-state index contributed by atoms with van der Waals surface area (Å²) in [5.41, 5.74) is 4.93. The highest BCUT2D eigenvalue weighted by Gasteiger charge is 2.03. The van der Waals surface area contributed by atoms with Gasteiger partial charge in [-0.25, -0.2) is 0 Å². The fraction of sp³-hybridized carbons (Fsp3) is 0.357. The molecular weight excluding hydrogens is 200 g/mol. The molecule has 0 spiro atoms. The predicted octanol–water partition coefficient (Wildman–Crippen LogP) is 4.78. The van der Waals surface area contributed by atoms with E-state index < -0.39 is 0 Å². The Labute approximate surface area is 96.1 Å². The average Bonchev–Trinajstić information content (AvgIpc) is 2.32. The number of thioether (sulfide) groups is 1. The zero-order valence-electron chi connectivity index (χ0n) is 8.91. The van der Waals surface area contributed by atoms with E-state index in [0.717, 1.165) is 0 Å². The van der Waals surface area contributed by atoms with Crippen LogP contribution in [0.4, 0.5) is 0 Å². The van der Waals surface area contributed by atoms with Gasteiger partial charge in [0.1, 0.15) is 0 Å². The van der Waals surface area contributed by atoms with Gasteiger partial charge in [-0.15, -0.1) is 5.73 Å². The molecule has 1 aliphatic carbocycles. The Morgan fingerprint density at radius 2 is 1.73 bits per heavy atom. The normalized spacial score (nSPS) is 15.9. The highest BCUT2D eigenvalue weighted by atomic mass is 32.2. The molecule has 0 nitrogen and oxygen atoms in total. The maximum Gasteiger partial charge on any atom is 0.0178 e. The van der Waals surface area contributed by atoms with Crippen LogP contribution in [0.2, 0.25) is 0 Å². The topological polar surface area (TPSA) is 0 Å². The van der Waals surface area contributed by atoms with Gasteiger partial charge in [0.05, 0.1) is 0 Å². The summed E-state index contributed by atoms with van der Waals surface area (Å²) in [4.78, 5) is 1.29. The molecule has 0 heterocycles. The van der Waals surface area contributed by atoms with E-state index in [9.17, 15) is 0 Å². The van der Waals surface area contributed by atoms with Gasteiger partial charge in [-0.1, -0.05) is 36.4 Å². The lowest BCUT2D eigenvalue weighted by atomic mass is 9.96. The first-order chi connectivity index (χ1) is 7.45. The van der Waals surface area contributed by atoms with Crippen LogP contribution in [0.5, 0.6) is 0 Å². The van der Waals surface area contributed by atoms with Gasteiger partial charge in [0, 0.05) is 10.3 Å². The Morgan fingerprint density at radius 1 is 1.00 bits per heavy atom. The summed E-state index contributed by atoms with van der Waals surface area (Å²) in [6.07, 6.45) is 6.62. The van der Waals surface area contributed by atoms with Crippen LogP contribution in [0.1, 0.15) is 32.1 Å². The molecule has 1 fully saturated rings. The zero-order valence-corrected chi connectivity index (χ0v) is 9.72. The molecule has 0 aliphatic heterocycles. The van der Waals surface area contributed by atoms with Crippen molar-refractivity contribution in [3.63, 3.8) is 0 Å². The second-order valence-electron chi connectivity index (χ2n) is 3.86. The summed E-state index contributed by atoms with van der Waals surface area (Å²) in [5.74, 6) is 0. The molecule has 0 aromatic heterocycles. The van der Waals surface area contributed by atoms with Crippen molar-refractivity contribution < 1.29 is 0 Å². The fourth-order valence-corrected chi connectivity index (χ4v) is 2.48. The molecule has 1 heteroatoms. The van der Waals surface area contributed by atoms with Gasteiger partial charge in [0.15, 0.2) is 0 Å². The Kier molecular flexibility index (Phi) is 4.13. The van der Waals surface area contributed by atoms with E-state index in [0.29, 0.717) is 0 Å². The van der Waals surface area contributed by atoms with E-state index in [2.05, 4.69) is 35.4 Å². The maximum absolute atomic E-state index is 3.42. The van der Waals surface area contributed by atoms with Crippen molar-refractivity contribution in [1.82, 2.24) is 0 Å². The maximum atomic E-state index is 3.42. The minimum atomic E-state index is 1.26. The third kappa shape index (κ3) is 3.62. The van der Waals surface area contributed by atoms with Crippen molar-refractivity contribution in [2.45, 2.75) is 37.0 Å². The summed E-state index contributed by atoms with van der Waals surface area (Å²) < 4.78 is 0. The Morgan fingerprint density at radius 3 is 2.47 bits per heavy atom. The zero-order chi connectivity index (χ0) is 10.3. The van der Waals surface area contributed by atoms with Crippen LogP contribution >= 0.6 is 11.8 Å². The Bertz CT molecular complexity index is 350. The smallest absolute Gasteiger partial charge is 0.0178 e. The standard InChI is InChI=1S/C14H16S/c1-3-7-13(8-4-1)11-12-15-14-9-5-2-6-10-14/h2,5-6,9-10,12H,1,3-4,7-8H2. The van der Waals surface area contributed by atoms with E-state index >= 15 is 0 Å². The van der Waals surface area contributed by atoms with Crippen molar-refractivity contribution in [2.75, 3.05) is 0 Å². The van der Waals surface area contributed by atoms with Crippen LogP contribution in [-0.2, 0) is 0 Å². The largest absolute Gasteiger partial charge is 0.114 e.